The number of hydrogen-bond acceptors (Lipinski definition) is 0. The topological polar surface area (TPSA) is 20.2 Å². The molecule has 7 aromatic rings. The van der Waals surface area contributed by atoms with Gasteiger partial charge in [0.2, 0.25) is 0 Å². The standard InChI is InChI=1S/C26H16N2/c1-2-10-19-16(7-1)18-9-4-6-12-23(18)28-24-14-13-20-17-8-3-5-11-22(17)27-26(20)21(24)15-25(19)28/h1-15,27H. The Morgan fingerprint density at radius 2 is 1.11 bits per heavy atom. The molecule has 0 bridgehead atoms. The summed E-state index contributed by atoms with van der Waals surface area (Å²) in [5, 5.41) is 7.73. The molecule has 0 amide bonds. The highest BCUT2D eigenvalue weighted by Crippen LogP contribution is 2.37. The Hall–Kier alpha value is -3.78. The summed E-state index contributed by atoms with van der Waals surface area (Å²) in [6.45, 7) is 0. The van der Waals surface area contributed by atoms with E-state index in [-0.39, 0.29) is 0 Å². The molecule has 7 rings (SSSR count). The first-order chi connectivity index (χ1) is 13.9. The molecular formula is C26H16N2. The van der Waals surface area contributed by atoms with Gasteiger partial charge in [-0.3, -0.25) is 0 Å². The molecule has 3 aromatic heterocycles. The molecule has 0 atom stereocenters. The van der Waals surface area contributed by atoms with Gasteiger partial charge in [0.15, 0.2) is 0 Å². The van der Waals surface area contributed by atoms with Gasteiger partial charge >= 0.3 is 0 Å². The zero-order valence-electron chi connectivity index (χ0n) is 15.1. The molecule has 0 saturated heterocycles. The molecule has 3 heterocycles. The lowest BCUT2D eigenvalue weighted by Crippen LogP contribution is -1.90. The lowest BCUT2D eigenvalue weighted by atomic mass is 10.1. The van der Waals surface area contributed by atoms with Crippen molar-refractivity contribution in [3.05, 3.63) is 91.0 Å². The Labute approximate surface area is 160 Å². The largest absolute Gasteiger partial charge is 0.354 e. The van der Waals surface area contributed by atoms with Crippen molar-refractivity contribution in [2.75, 3.05) is 0 Å². The summed E-state index contributed by atoms with van der Waals surface area (Å²) >= 11 is 0. The van der Waals surface area contributed by atoms with Gasteiger partial charge in [-0.25, -0.2) is 0 Å². The molecule has 0 aliphatic rings. The third-order valence-electron chi connectivity index (χ3n) is 6.10. The quantitative estimate of drug-likeness (QED) is 0.281. The van der Waals surface area contributed by atoms with Crippen LogP contribution in [-0.4, -0.2) is 9.38 Å². The minimum Gasteiger partial charge on any atom is -0.354 e. The second kappa shape index (κ2) is 4.93. The van der Waals surface area contributed by atoms with Crippen LogP contribution in [0.25, 0.3) is 59.9 Å². The maximum absolute atomic E-state index is 3.66. The fraction of sp³-hybridized carbons (Fsp3) is 0. The van der Waals surface area contributed by atoms with Gasteiger partial charge in [0, 0.05) is 32.4 Å². The number of H-pyrrole nitrogens is 1. The van der Waals surface area contributed by atoms with E-state index in [1.54, 1.807) is 0 Å². The number of pyridine rings is 1. The van der Waals surface area contributed by atoms with E-state index >= 15 is 0 Å². The fourth-order valence-electron chi connectivity index (χ4n) is 4.90. The molecule has 0 unspecified atom stereocenters. The van der Waals surface area contributed by atoms with Crippen molar-refractivity contribution in [2.45, 2.75) is 0 Å². The highest BCUT2D eigenvalue weighted by atomic mass is 14.9. The average Bonchev–Trinajstić information content (AvgIpc) is 3.33. The first-order valence-electron chi connectivity index (χ1n) is 9.64. The van der Waals surface area contributed by atoms with Crippen LogP contribution in [0, 0.1) is 0 Å². The zero-order valence-corrected chi connectivity index (χ0v) is 15.1. The van der Waals surface area contributed by atoms with Crippen LogP contribution in [0.4, 0.5) is 0 Å². The number of aromatic amines is 1. The third kappa shape index (κ3) is 1.64. The van der Waals surface area contributed by atoms with Crippen molar-refractivity contribution in [2.24, 2.45) is 0 Å². The van der Waals surface area contributed by atoms with E-state index in [1.165, 1.54) is 59.9 Å². The monoisotopic (exact) mass is 356 g/mol. The van der Waals surface area contributed by atoms with Crippen LogP contribution >= 0.6 is 0 Å². The molecular weight excluding hydrogens is 340 g/mol. The molecule has 0 aliphatic carbocycles. The molecule has 28 heavy (non-hydrogen) atoms. The molecule has 130 valence electrons. The van der Waals surface area contributed by atoms with Gasteiger partial charge in [-0.15, -0.1) is 0 Å². The minimum absolute atomic E-state index is 1.19. The number of fused-ring (bicyclic) bond motifs is 12. The van der Waals surface area contributed by atoms with Crippen molar-refractivity contribution in [3.8, 4) is 0 Å². The zero-order chi connectivity index (χ0) is 18.2. The third-order valence-corrected chi connectivity index (χ3v) is 6.10. The Morgan fingerprint density at radius 3 is 1.96 bits per heavy atom. The van der Waals surface area contributed by atoms with Crippen molar-refractivity contribution in [3.63, 3.8) is 0 Å². The van der Waals surface area contributed by atoms with E-state index in [0.29, 0.717) is 0 Å². The van der Waals surface area contributed by atoms with E-state index in [9.17, 15) is 0 Å². The second-order valence-electron chi connectivity index (χ2n) is 7.52. The van der Waals surface area contributed by atoms with Crippen LogP contribution in [0.3, 0.4) is 0 Å². The van der Waals surface area contributed by atoms with Crippen LogP contribution in [0.1, 0.15) is 0 Å². The second-order valence-corrected chi connectivity index (χ2v) is 7.52. The molecule has 1 N–H and O–H groups in total. The predicted molar refractivity (Wildman–Crippen MR) is 119 cm³/mol. The van der Waals surface area contributed by atoms with Crippen LogP contribution < -0.4 is 0 Å². The van der Waals surface area contributed by atoms with Gasteiger partial charge in [-0.1, -0.05) is 66.7 Å². The lowest BCUT2D eigenvalue weighted by molar-refractivity contribution is 1.35. The highest BCUT2D eigenvalue weighted by molar-refractivity contribution is 6.21. The van der Waals surface area contributed by atoms with E-state index in [4.69, 9.17) is 0 Å². The number of para-hydroxylation sites is 2. The van der Waals surface area contributed by atoms with Crippen molar-refractivity contribution in [1.82, 2.24) is 9.38 Å². The van der Waals surface area contributed by atoms with Crippen LogP contribution in [0.2, 0.25) is 0 Å². The van der Waals surface area contributed by atoms with Crippen molar-refractivity contribution < 1.29 is 0 Å². The summed E-state index contributed by atoms with van der Waals surface area (Å²) in [6, 6.07) is 32.9. The van der Waals surface area contributed by atoms with Gasteiger partial charge < -0.3 is 9.38 Å². The molecule has 0 radical (unpaired) electrons. The van der Waals surface area contributed by atoms with E-state index in [1.807, 2.05) is 0 Å². The SMILES string of the molecule is c1ccc2c(c1)[nH]c1c2ccc2c1cc1c3ccccc3c3ccccc3n12. The highest BCUT2D eigenvalue weighted by Gasteiger charge is 2.15. The summed E-state index contributed by atoms with van der Waals surface area (Å²) in [6.07, 6.45) is 0. The lowest BCUT2D eigenvalue weighted by Gasteiger charge is -2.09. The van der Waals surface area contributed by atoms with E-state index < -0.39 is 0 Å². The van der Waals surface area contributed by atoms with Gasteiger partial charge in [-0.2, -0.15) is 0 Å². The Kier molecular flexibility index (Phi) is 2.52. The minimum atomic E-state index is 1.19. The van der Waals surface area contributed by atoms with Crippen LogP contribution in [0.15, 0.2) is 91.0 Å². The Morgan fingerprint density at radius 1 is 0.464 bits per heavy atom. The van der Waals surface area contributed by atoms with Gasteiger partial charge in [-0.05, 0) is 29.7 Å². The molecule has 0 aliphatic heterocycles. The molecule has 0 saturated carbocycles. The van der Waals surface area contributed by atoms with Gasteiger partial charge in [0.05, 0.1) is 22.1 Å². The summed E-state index contributed by atoms with van der Waals surface area (Å²) in [4.78, 5) is 3.66. The van der Waals surface area contributed by atoms with E-state index in [0.717, 1.165) is 0 Å². The number of rotatable bonds is 0. The first-order valence-corrected chi connectivity index (χ1v) is 9.64. The number of hydrogen-bond donors (Lipinski definition) is 1. The normalized spacial score (nSPS) is 12.3. The van der Waals surface area contributed by atoms with Crippen molar-refractivity contribution in [1.29, 1.82) is 0 Å². The number of aromatic nitrogens is 2. The average molecular weight is 356 g/mol. The summed E-state index contributed by atoms with van der Waals surface area (Å²) in [5.74, 6) is 0. The summed E-state index contributed by atoms with van der Waals surface area (Å²) in [7, 11) is 0. The summed E-state index contributed by atoms with van der Waals surface area (Å²) < 4.78 is 2.41. The predicted octanol–water partition coefficient (Wildman–Crippen LogP) is 7.03. The Bertz CT molecular complexity index is 1710. The maximum Gasteiger partial charge on any atom is 0.0560 e. The van der Waals surface area contributed by atoms with Gasteiger partial charge in [0.25, 0.3) is 0 Å². The number of nitrogens with one attached hydrogen (secondary N) is 1. The molecule has 2 nitrogen and oxygen atoms in total. The fourth-order valence-corrected chi connectivity index (χ4v) is 4.90. The first kappa shape index (κ1) is 14.3. The number of benzene rings is 4. The Balaban J connectivity index is 1.82. The molecule has 0 spiro atoms. The van der Waals surface area contributed by atoms with Crippen molar-refractivity contribution >= 4 is 59.9 Å². The molecule has 0 fully saturated rings. The summed E-state index contributed by atoms with van der Waals surface area (Å²) in [5.41, 5.74) is 6.17. The smallest absolute Gasteiger partial charge is 0.0560 e. The van der Waals surface area contributed by atoms with Crippen LogP contribution in [0.5, 0.6) is 0 Å². The number of nitrogens with zero attached hydrogens (tertiary/aromatic N) is 1. The van der Waals surface area contributed by atoms with E-state index in [2.05, 4.69) is 100 Å². The van der Waals surface area contributed by atoms with Gasteiger partial charge in [0.1, 0.15) is 0 Å². The molecule has 2 heteroatoms. The van der Waals surface area contributed by atoms with Crippen LogP contribution in [-0.2, 0) is 0 Å². The molecule has 4 aromatic carbocycles. The maximum atomic E-state index is 3.66.